The molecule has 0 saturated carbocycles. The molecule has 5 rings (SSSR count). The monoisotopic (exact) mass is 429 g/mol. The molecule has 2 aliphatic rings. The Kier molecular flexibility index (Phi) is 5.68. The minimum Gasteiger partial charge on any atom is -0.366 e. The molecule has 1 aliphatic heterocycles. The average molecular weight is 430 g/mol. The van der Waals surface area contributed by atoms with Crippen LogP contribution in [0.3, 0.4) is 0 Å². The second kappa shape index (κ2) is 8.60. The van der Waals surface area contributed by atoms with Gasteiger partial charge in [-0.1, -0.05) is 56.3 Å². The predicted octanol–water partition coefficient (Wildman–Crippen LogP) is 3.62. The van der Waals surface area contributed by atoms with Gasteiger partial charge >= 0.3 is 0 Å². The second-order valence-corrected chi connectivity index (χ2v) is 10.3. The van der Waals surface area contributed by atoms with Crippen molar-refractivity contribution in [2.45, 2.75) is 38.6 Å². The summed E-state index contributed by atoms with van der Waals surface area (Å²) in [4.78, 5) is 13.0. The van der Waals surface area contributed by atoms with Gasteiger partial charge in [0.05, 0.1) is 11.0 Å². The number of rotatable bonds is 4. The van der Waals surface area contributed by atoms with E-state index in [1.165, 1.54) is 31.8 Å². The molecule has 3 heterocycles. The Balaban J connectivity index is 1.58. The van der Waals surface area contributed by atoms with E-state index in [1.807, 2.05) is 17.5 Å². The van der Waals surface area contributed by atoms with Crippen molar-refractivity contribution in [3.05, 3.63) is 86.2 Å². The summed E-state index contributed by atoms with van der Waals surface area (Å²) in [5, 5.41) is 2.42. The number of hydrogen-bond donors (Lipinski definition) is 0. The van der Waals surface area contributed by atoms with Gasteiger partial charge in [0.25, 0.3) is 0 Å². The van der Waals surface area contributed by atoms with E-state index in [0.29, 0.717) is 12.0 Å². The van der Waals surface area contributed by atoms with E-state index in [1.54, 1.807) is 0 Å². The molecule has 0 N–H and O–H groups in total. The minimum absolute atomic E-state index is 0.495. The summed E-state index contributed by atoms with van der Waals surface area (Å²) in [5.41, 5.74) is 4.16. The molecule has 3 aromatic rings. The van der Waals surface area contributed by atoms with Gasteiger partial charge in [0.1, 0.15) is 0 Å². The molecule has 1 aliphatic carbocycles. The number of hydrogen-bond acceptors (Lipinski definition) is 4. The van der Waals surface area contributed by atoms with Crippen LogP contribution in [-0.2, 0) is 12.8 Å². The van der Waals surface area contributed by atoms with Gasteiger partial charge in [-0.3, -0.25) is 9.88 Å². The van der Waals surface area contributed by atoms with Gasteiger partial charge in [-0.25, -0.2) is 0 Å². The van der Waals surface area contributed by atoms with Gasteiger partial charge < -0.3 is 4.90 Å². The van der Waals surface area contributed by atoms with Crippen molar-refractivity contribution >= 4 is 23.1 Å². The van der Waals surface area contributed by atoms with E-state index in [9.17, 15) is 0 Å². The zero-order valence-electron chi connectivity index (χ0n) is 18.7. The minimum atomic E-state index is 0.495. The molecule has 1 atom stereocenters. The van der Waals surface area contributed by atoms with E-state index < -0.39 is 0 Å². The van der Waals surface area contributed by atoms with Crippen LogP contribution >= 0.6 is 11.3 Å². The number of piperazine rings is 1. The van der Waals surface area contributed by atoms with Gasteiger partial charge in [-0.2, -0.15) is 0 Å². The molecule has 1 aromatic carbocycles. The lowest BCUT2D eigenvalue weighted by atomic mass is 10.0. The van der Waals surface area contributed by atoms with Crippen LogP contribution in [-0.4, -0.2) is 47.5 Å². The fourth-order valence-electron chi connectivity index (χ4n) is 4.77. The lowest BCUT2D eigenvalue weighted by Gasteiger charge is -2.41. The predicted molar refractivity (Wildman–Crippen MR) is 131 cm³/mol. The summed E-state index contributed by atoms with van der Waals surface area (Å²) >= 11 is 1.98. The highest BCUT2D eigenvalue weighted by atomic mass is 32.1. The number of benzene rings is 1. The number of pyridine rings is 1. The highest BCUT2D eigenvalue weighted by Gasteiger charge is 2.29. The Morgan fingerprint density at radius 2 is 1.94 bits per heavy atom. The van der Waals surface area contributed by atoms with Crippen molar-refractivity contribution in [1.82, 2.24) is 14.8 Å². The van der Waals surface area contributed by atoms with Crippen molar-refractivity contribution in [1.29, 1.82) is 0 Å². The molecular formula is C27H31N3S. The lowest BCUT2D eigenvalue weighted by molar-refractivity contribution is 0.134. The van der Waals surface area contributed by atoms with E-state index in [2.05, 4.69) is 85.3 Å². The second-order valence-electron chi connectivity index (χ2n) is 9.11. The lowest BCUT2D eigenvalue weighted by Crippen LogP contribution is -2.53. The summed E-state index contributed by atoms with van der Waals surface area (Å²) in [5.74, 6) is 0.555. The Morgan fingerprint density at radius 3 is 2.74 bits per heavy atom. The molecule has 1 unspecified atom stereocenters. The van der Waals surface area contributed by atoms with Crippen LogP contribution < -0.4 is 10.6 Å². The van der Waals surface area contributed by atoms with Crippen LogP contribution in [0.4, 0.5) is 0 Å². The molecule has 2 aromatic heterocycles. The number of nitrogens with zero attached hydrogens (tertiary/aromatic N) is 3. The first-order valence-corrected chi connectivity index (χ1v) is 12.2. The highest BCUT2D eigenvalue weighted by Crippen LogP contribution is 2.35. The fraction of sp³-hybridized carbons (Fsp3) is 0.370. The summed E-state index contributed by atoms with van der Waals surface area (Å²) in [6.45, 7) is 7.74. The fourth-order valence-corrected chi connectivity index (χ4v) is 5.90. The molecular weight excluding hydrogens is 398 g/mol. The maximum atomic E-state index is 4.90. The van der Waals surface area contributed by atoms with E-state index >= 15 is 0 Å². The molecule has 4 heteroatoms. The first kappa shape index (κ1) is 20.5. The maximum Gasteiger partial charge on any atom is 0.0938 e. The number of likely N-dealkylation sites (N-methyl/N-ethyl adjacent to an activating group) is 1. The Hall–Kier alpha value is -2.43. The highest BCUT2D eigenvalue weighted by molar-refractivity contribution is 7.12. The van der Waals surface area contributed by atoms with Crippen LogP contribution in [0.15, 0.2) is 54.7 Å². The van der Waals surface area contributed by atoms with Crippen LogP contribution in [0.2, 0.25) is 0 Å². The summed E-state index contributed by atoms with van der Waals surface area (Å²) in [7, 11) is 2.27. The third-order valence-electron chi connectivity index (χ3n) is 6.63. The largest absolute Gasteiger partial charge is 0.366 e. The van der Waals surface area contributed by atoms with Crippen LogP contribution in [0, 0.1) is 0 Å². The molecule has 1 saturated heterocycles. The van der Waals surface area contributed by atoms with Crippen LogP contribution in [0.1, 0.15) is 40.6 Å². The van der Waals surface area contributed by atoms with Gasteiger partial charge in [-0.15, -0.1) is 11.3 Å². The van der Waals surface area contributed by atoms with E-state index in [-0.39, 0.29) is 0 Å². The molecule has 1 fully saturated rings. The molecule has 160 valence electrons. The first-order chi connectivity index (χ1) is 15.1. The third-order valence-corrected chi connectivity index (χ3v) is 8.09. The van der Waals surface area contributed by atoms with Gasteiger partial charge in [0, 0.05) is 53.6 Å². The smallest absolute Gasteiger partial charge is 0.0938 e. The molecule has 0 amide bonds. The maximum absolute atomic E-state index is 4.90. The van der Waals surface area contributed by atoms with Crippen molar-refractivity contribution in [3.63, 3.8) is 0 Å². The SMILES string of the molecule is CC(C)c1cc2c(s1)CC=c1cccnc1=C2N1CCN(C)C(Cc2ccccc2)C1. The molecule has 0 spiro atoms. The number of thiophene rings is 1. The summed E-state index contributed by atoms with van der Waals surface area (Å²) < 4.78 is 0. The van der Waals surface area contributed by atoms with Crippen molar-refractivity contribution in [2.75, 3.05) is 26.7 Å². The number of fused-ring (bicyclic) bond motifs is 2. The van der Waals surface area contributed by atoms with Crippen molar-refractivity contribution in [3.8, 4) is 0 Å². The van der Waals surface area contributed by atoms with Gasteiger partial charge in [-0.05, 0) is 42.3 Å². The molecule has 0 bridgehead atoms. The third kappa shape index (κ3) is 4.07. The van der Waals surface area contributed by atoms with Gasteiger partial charge in [0.2, 0.25) is 0 Å². The molecule has 3 nitrogen and oxygen atoms in total. The van der Waals surface area contributed by atoms with Crippen molar-refractivity contribution in [2.24, 2.45) is 0 Å². The average Bonchev–Trinajstić information content (AvgIpc) is 3.14. The summed E-state index contributed by atoms with van der Waals surface area (Å²) in [6, 6.07) is 18.1. The molecule has 0 radical (unpaired) electrons. The normalized spacial score (nSPS) is 19.0. The zero-order chi connectivity index (χ0) is 21.4. The molecule has 31 heavy (non-hydrogen) atoms. The number of aromatic nitrogens is 1. The van der Waals surface area contributed by atoms with Crippen LogP contribution in [0.5, 0.6) is 0 Å². The first-order valence-electron chi connectivity index (χ1n) is 11.4. The Bertz CT molecular complexity index is 1180. The van der Waals surface area contributed by atoms with Crippen molar-refractivity contribution < 1.29 is 0 Å². The summed E-state index contributed by atoms with van der Waals surface area (Å²) in [6.07, 6.45) is 6.39. The standard InChI is InChI=1S/C27H31N3S/c1-19(2)25-17-23-24(31-25)12-11-21-10-7-13-28-26(21)27(23)30-15-14-29(3)22(18-30)16-20-8-5-4-6-9-20/h4-11,13,17,19,22H,12,14-16,18H2,1-3H3. The van der Waals surface area contributed by atoms with E-state index in [0.717, 1.165) is 37.8 Å². The Morgan fingerprint density at radius 1 is 1.10 bits per heavy atom. The topological polar surface area (TPSA) is 19.4 Å². The van der Waals surface area contributed by atoms with Crippen LogP contribution in [0.25, 0.3) is 11.8 Å². The zero-order valence-corrected chi connectivity index (χ0v) is 19.5. The Labute approximate surface area is 189 Å². The van der Waals surface area contributed by atoms with Gasteiger partial charge in [0.15, 0.2) is 0 Å². The quantitative estimate of drug-likeness (QED) is 0.632. The van der Waals surface area contributed by atoms with E-state index in [4.69, 9.17) is 4.98 Å².